The van der Waals surface area contributed by atoms with Crippen molar-refractivity contribution in [3.05, 3.63) is 0 Å². The number of amides is 2. The summed E-state index contributed by atoms with van der Waals surface area (Å²) in [5, 5.41) is 2.87. The SMILES string of the molecule is CC(C)NC(=O)CN1CCN(C(C)C(N)=O)CC1. The van der Waals surface area contributed by atoms with Gasteiger partial charge in [-0.1, -0.05) is 0 Å². The Labute approximate surface area is 108 Å². The average Bonchev–Trinajstić information content (AvgIpc) is 2.27. The molecule has 0 aromatic rings. The zero-order valence-electron chi connectivity index (χ0n) is 11.5. The number of hydrogen-bond donors (Lipinski definition) is 2. The average molecular weight is 256 g/mol. The minimum Gasteiger partial charge on any atom is -0.368 e. The van der Waals surface area contributed by atoms with Crippen molar-refractivity contribution in [1.29, 1.82) is 0 Å². The third-order valence-electron chi connectivity index (χ3n) is 3.18. The highest BCUT2D eigenvalue weighted by Crippen LogP contribution is 2.05. The van der Waals surface area contributed by atoms with Crippen molar-refractivity contribution in [3.8, 4) is 0 Å². The highest BCUT2D eigenvalue weighted by molar-refractivity contribution is 5.79. The first-order valence-corrected chi connectivity index (χ1v) is 6.45. The molecule has 6 heteroatoms. The third-order valence-corrected chi connectivity index (χ3v) is 3.18. The molecule has 0 spiro atoms. The van der Waals surface area contributed by atoms with Gasteiger partial charge in [0, 0.05) is 32.2 Å². The van der Waals surface area contributed by atoms with Gasteiger partial charge in [0.05, 0.1) is 12.6 Å². The van der Waals surface area contributed by atoms with Gasteiger partial charge >= 0.3 is 0 Å². The van der Waals surface area contributed by atoms with Gasteiger partial charge in [-0.2, -0.15) is 0 Å². The fraction of sp³-hybridized carbons (Fsp3) is 0.833. The van der Waals surface area contributed by atoms with Crippen LogP contribution in [0.3, 0.4) is 0 Å². The minimum atomic E-state index is -0.291. The summed E-state index contributed by atoms with van der Waals surface area (Å²) in [7, 11) is 0. The fourth-order valence-corrected chi connectivity index (χ4v) is 2.06. The smallest absolute Gasteiger partial charge is 0.234 e. The van der Waals surface area contributed by atoms with Gasteiger partial charge in [0.15, 0.2) is 0 Å². The van der Waals surface area contributed by atoms with E-state index in [1.807, 2.05) is 20.8 Å². The highest BCUT2D eigenvalue weighted by Gasteiger charge is 2.24. The van der Waals surface area contributed by atoms with E-state index in [1.165, 1.54) is 0 Å². The number of rotatable bonds is 5. The predicted molar refractivity (Wildman–Crippen MR) is 69.9 cm³/mol. The summed E-state index contributed by atoms with van der Waals surface area (Å²) in [6, 6.07) is -0.0506. The van der Waals surface area contributed by atoms with Crippen molar-refractivity contribution in [2.75, 3.05) is 32.7 Å². The largest absolute Gasteiger partial charge is 0.368 e. The summed E-state index contributed by atoms with van der Waals surface area (Å²) in [5.74, 6) is -0.234. The molecule has 6 nitrogen and oxygen atoms in total. The van der Waals surface area contributed by atoms with Crippen LogP contribution in [0, 0.1) is 0 Å². The second-order valence-corrected chi connectivity index (χ2v) is 5.11. The van der Waals surface area contributed by atoms with Crippen LogP contribution in [0.25, 0.3) is 0 Å². The maximum atomic E-state index is 11.6. The van der Waals surface area contributed by atoms with Gasteiger partial charge in [0.1, 0.15) is 0 Å². The number of nitrogens with one attached hydrogen (secondary N) is 1. The molecule has 1 heterocycles. The van der Waals surface area contributed by atoms with Gasteiger partial charge < -0.3 is 11.1 Å². The zero-order chi connectivity index (χ0) is 13.7. The molecular formula is C12H24N4O2. The Kier molecular flexibility index (Phi) is 5.55. The molecular weight excluding hydrogens is 232 g/mol. The molecule has 0 radical (unpaired) electrons. The van der Waals surface area contributed by atoms with Crippen molar-refractivity contribution < 1.29 is 9.59 Å². The lowest BCUT2D eigenvalue weighted by atomic mass is 10.2. The van der Waals surface area contributed by atoms with Crippen molar-refractivity contribution >= 4 is 11.8 Å². The predicted octanol–water partition coefficient (Wildman–Crippen LogP) is -0.998. The first-order valence-electron chi connectivity index (χ1n) is 6.45. The number of nitrogens with two attached hydrogens (primary N) is 1. The molecule has 0 aromatic heterocycles. The van der Waals surface area contributed by atoms with Gasteiger partial charge in [-0.25, -0.2) is 0 Å². The quantitative estimate of drug-likeness (QED) is 0.661. The van der Waals surface area contributed by atoms with Crippen LogP contribution >= 0.6 is 0 Å². The van der Waals surface area contributed by atoms with Crippen LogP contribution < -0.4 is 11.1 Å². The van der Waals surface area contributed by atoms with E-state index in [9.17, 15) is 9.59 Å². The van der Waals surface area contributed by atoms with Crippen molar-refractivity contribution in [2.24, 2.45) is 5.73 Å². The van der Waals surface area contributed by atoms with E-state index in [0.717, 1.165) is 26.2 Å². The van der Waals surface area contributed by atoms with Crippen molar-refractivity contribution in [2.45, 2.75) is 32.9 Å². The molecule has 1 rings (SSSR count). The monoisotopic (exact) mass is 256 g/mol. The van der Waals surface area contributed by atoms with Crippen LogP contribution in [0.2, 0.25) is 0 Å². The van der Waals surface area contributed by atoms with Crippen LogP contribution in [-0.2, 0) is 9.59 Å². The molecule has 0 aromatic carbocycles. The number of hydrogen-bond acceptors (Lipinski definition) is 4. The van der Waals surface area contributed by atoms with Gasteiger partial charge in [-0.15, -0.1) is 0 Å². The van der Waals surface area contributed by atoms with Crippen LogP contribution in [0.15, 0.2) is 0 Å². The number of piperazine rings is 1. The molecule has 1 unspecified atom stereocenters. The molecule has 3 N–H and O–H groups in total. The molecule has 1 atom stereocenters. The summed E-state index contributed by atoms with van der Waals surface area (Å²) in [5.41, 5.74) is 5.28. The molecule has 104 valence electrons. The molecule has 2 amide bonds. The molecule has 1 aliphatic rings. The Bertz CT molecular complexity index is 298. The van der Waals surface area contributed by atoms with Crippen molar-refractivity contribution in [1.82, 2.24) is 15.1 Å². The number of primary amides is 1. The zero-order valence-corrected chi connectivity index (χ0v) is 11.5. The Morgan fingerprint density at radius 2 is 1.72 bits per heavy atom. The van der Waals surface area contributed by atoms with Gasteiger partial charge in [0.25, 0.3) is 0 Å². The van der Waals surface area contributed by atoms with E-state index in [1.54, 1.807) is 0 Å². The molecule has 1 fully saturated rings. The number of carbonyl (C=O) groups is 2. The van der Waals surface area contributed by atoms with Gasteiger partial charge in [-0.05, 0) is 20.8 Å². The summed E-state index contributed by atoms with van der Waals surface area (Å²) in [6.07, 6.45) is 0. The normalized spacial score (nSPS) is 19.8. The fourth-order valence-electron chi connectivity index (χ4n) is 2.06. The van der Waals surface area contributed by atoms with E-state index < -0.39 is 0 Å². The van der Waals surface area contributed by atoms with Crippen LogP contribution in [0.5, 0.6) is 0 Å². The highest BCUT2D eigenvalue weighted by atomic mass is 16.2. The summed E-state index contributed by atoms with van der Waals surface area (Å²) in [4.78, 5) is 26.8. The van der Waals surface area contributed by atoms with Crippen LogP contribution in [0.4, 0.5) is 0 Å². The lowest BCUT2D eigenvalue weighted by Crippen LogP contribution is -2.54. The number of carbonyl (C=O) groups excluding carboxylic acids is 2. The number of nitrogens with zero attached hydrogens (tertiary/aromatic N) is 2. The Balaban J connectivity index is 2.31. The topological polar surface area (TPSA) is 78.7 Å². The Hall–Kier alpha value is -1.14. The summed E-state index contributed by atoms with van der Waals surface area (Å²) < 4.78 is 0. The Morgan fingerprint density at radius 1 is 1.17 bits per heavy atom. The lowest BCUT2D eigenvalue weighted by Gasteiger charge is -2.36. The van der Waals surface area contributed by atoms with E-state index >= 15 is 0 Å². The van der Waals surface area contributed by atoms with E-state index in [-0.39, 0.29) is 23.9 Å². The molecule has 18 heavy (non-hydrogen) atoms. The second kappa shape index (κ2) is 6.70. The molecule has 1 aliphatic heterocycles. The van der Waals surface area contributed by atoms with E-state index in [0.29, 0.717) is 6.54 Å². The molecule has 0 aliphatic carbocycles. The van der Waals surface area contributed by atoms with Gasteiger partial charge in [-0.3, -0.25) is 19.4 Å². The van der Waals surface area contributed by atoms with Crippen molar-refractivity contribution in [3.63, 3.8) is 0 Å². The first-order chi connectivity index (χ1) is 8.40. The maximum Gasteiger partial charge on any atom is 0.234 e. The molecule has 0 saturated carbocycles. The second-order valence-electron chi connectivity index (χ2n) is 5.11. The lowest BCUT2D eigenvalue weighted by molar-refractivity contribution is -0.126. The molecule has 0 bridgehead atoms. The maximum absolute atomic E-state index is 11.6. The standard InChI is InChI=1S/C12H24N4O2/c1-9(2)14-11(17)8-15-4-6-16(7-5-15)10(3)12(13)18/h9-10H,4-8H2,1-3H3,(H2,13,18)(H,14,17). The van der Waals surface area contributed by atoms with Gasteiger partial charge in [0.2, 0.25) is 11.8 Å². The summed E-state index contributed by atoms with van der Waals surface area (Å²) >= 11 is 0. The van der Waals surface area contributed by atoms with E-state index in [4.69, 9.17) is 5.73 Å². The van der Waals surface area contributed by atoms with Crippen LogP contribution in [0.1, 0.15) is 20.8 Å². The Morgan fingerprint density at radius 3 is 2.17 bits per heavy atom. The van der Waals surface area contributed by atoms with Crippen LogP contribution in [-0.4, -0.2) is 66.4 Å². The summed E-state index contributed by atoms with van der Waals surface area (Å²) in [6.45, 7) is 9.29. The van der Waals surface area contributed by atoms with E-state index in [2.05, 4.69) is 15.1 Å². The minimum absolute atomic E-state index is 0.0569. The first kappa shape index (κ1) is 14.9. The third kappa shape index (κ3) is 4.62. The molecule has 1 saturated heterocycles.